The summed E-state index contributed by atoms with van der Waals surface area (Å²) in [5.41, 5.74) is 0.314. The van der Waals surface area contributed by atoms with Crippen LogP contribution in [0.25, 0.3) is 0 Å². The number of halogens is 2. The lowest BCUT2D eigenvalue weighted by Crippen LogP contribution is -2.41. The molecule has 1 heterocycles. The van der Waals surface area contributed by atoms with Crippen LogP contribution in [0.4, 0.5) is 5.69 Å². The van der Waals surface area contributed by atoms with Gasteiger partial charge in [-0.3, -0.25) is 9.59 Å². The van der Waals surface area contributed by atoms with Crippen LogP contribution in [-0.4, -0.2) is 16.8 Å². The van der Waals surface area contributed by atoms with Gasteiger partial charge in [0.15, 0.2) is 11.4 Å². The summed E-state index contributed by atoms with van der Waals surface area (Å²) in [6.45, 7) is 0.295. The molecule has 3 aromatic carbocycles. The largest absolute Gasteiger partial charge is 0.375 e. The van der Waals surface area contributed by atoms with Gasteiger partial charge in [-0.1, -0.05) is 70.0 Å². The lowest BCUT2D eigenvalue weighted by Gasteiger charge is -2.23. The lowest BCUT2D eigenvalue weighted by molar-refractivity contribution is -0.136. The number of benzene rings is 3. The summed E-state index contributed by atoms with van der Waals surface area (Å²) in [5, 5.41) is 11.8. The fraction of sp³-hybridized carbons (Fsp3) is 0.130. The average Bonchev–Trinajstić information content (AvgIpc) is 2.91. The zero-order chi connectivity index (χ0) is 20.6. The molecule has 29 heavy (non-hydrogen) atoms. The van der Waals surface area contributed by atoms with Crippen molar-refractivity contribution in [3.05, 3.63) is 99.0 Å². The summed E-state index contributed by atoms with van der Waals surface area (Å²) in [6.07, 6.45) is -0.355. The van der Waals surface area contributed by atoms with Crippen LogP contribution < -0.4 is 4.90 Å². The molecule has 146 valence electrons. The van der Waals surface area contributed by atoms with Crippen LogP contribution in [-0.2, 0) is 16.9 Å². The summed E-state index contributed by atoms with van der Waals surface area (Å²) in [4.78, 5) is 27.6. The van der Waals surface area contributed by atoms with E-state index in [1.165, 1.54) is 4.90 Å². The number of anilines is 1. The molecule has 6 heteroatoms. The van der Waals surface area contributed by atoms with Crippen LogP contribution in [0.15, 0.2) is 77.3 Å². The van der Waals surface area contributed by atoms with E-state index >= 15 is 0 Å². The fourth-order valence-corrected chi connectivity index (χ4v) is 4.02. The van der Waals surface area contributed by atoms with Crippen molar-refractivity contribution in [3.63, 3.8) is 0 Å². The highest BCUT2D eigenvalue weighted by Crippen LogP contribution is 2.44. The number of hydrogen-bond donors (Lipinski definition) is 1. The lowest BCUT2D eigenvalue weighted by atomic mass is 9.88. The third kappa shape index (κ3) is 3.73. The van der Waals surface area contributed by atoms with Crippen molar-refractivity contribution in [2.75, 3.05) is 4.90 Å². The van der Waals surface area contributed by atoms with Crippen molar-refractivity contribution < 1.29 is 14.7 Å². The molecule has 4 rings (SSSR count). The minimum atomic E-state index is -1.96. The van der Waals surface area contributed by atoms with Gasteiger partial charge in [0.05, 0.1) is 18.7 Å². The number of carbonyl (C=O) groups excluding carboxylic acids is 2. The van der Waals surface area contributed by atoms with Crippen molar-refractivity contribution in [2.45, 2.75) is 18.6 Å². The predicted molar refractivity (Wildman–Crippen MR) is 116 cm³/mol. The van der Waals surface area contributed by atoms with Gasteiger partial charge in [-0.25, -0.2) is 0 Å². The normalized spacial score (nSPS) is 18.0. The quantitative estimate of drug-likeness (QED) is 0.527. The van der Waals surface area contributed by atoms with E-state index < -0.39 is 11.5 Å². The van der Waals surface area contributed by atoms with Crippen molar-refractivity contribution in [3.8, 4) is 0 Å². The van der Waals surface area contributed by atoms with Crippen molar-refractivity contribution in [1.82, 2.24) is 0 Å². The molecular formula is C23H17BrClNO3. The Morgan fingerprint density at radius 2 is 1.72 bits per heavy atom. The smallest absolute Gasteiger partial charge is 0.264 e. The Balaban J connectivity index is 1.71. The number of hydrogen-bond acceptors (Lipinski definition) is 3. The number of nitrogens with zero attached hydrogens (tertiary/aromatic N) is 1. The monoisotopic (exact) mass is 469 g/mol. The molecule has 0 spiro atoms. The molecule has 0 radical (unpaired) electrons. The van der Waals surface area contributed by atoms with E-state index in [9.17, 15) is 14.7 Å². The van der Waals surface area contributed by atoms with Gasteiger partial charge >= 0.3 is 0 Å². The van der Waals surface area contributed by atoms with Gasteiger partial charge < -0.3 is 10.0 Å². The van der Waals surface area contributed by atoms with Gasteiger partial charge in [0, 0.05) is 20.6 Å². The van der Waals surface area contributed by atoms with Gasteiger partial charge in [-0.15, -0.1) is 0 Å². The molecular weight excluding hydrogens is 454 g/mol. The van der Waals surface area contributed by atoms with E-state index in [2.05, 4.69) is 15.9 Å². The van der Waals surface area contributed by atoms with Crippen LogP contribution in [0, 0.1) is 0 Å². The van der Waals surface area contributed by atoms with Crippen molar-refractivity contribution in [2.24, 2.45) is 0 Å². The molecule has 0 saturated carbocycles. The number of ketones is 1. The molecule has 1 aliphatic heterocycles. The third-order valence-corrected chi connectivity index (χ3v) is 5.82. The topological polar surface area (TPSA) is 57.6 Å². The Labute approximate surface area is 181 Å². The molecule has 1 aliphatic rings. The van der Waals surface area contributed by atoms with Gasteiger partial charge in [0.25, 0.3) is 5.91 Å². The Kier molecular flexibility index (Phi) is 5.30. The second kappa shape index (κ2) is 7.75. The van der Waals surface area contributed by atoms with Gasteiger partial charge in [0.1, 0.15) is 0 Å². The first-order chi connectivity index (χ1) is 13.9. The molecule has 1 N–H and O–H groups in total. The SMILES string of the molecule is O=C(CC1(O)C(=O)N(Cc2ccccc2)c2ccc(Cl)cc21)c1ccc(Br)cc1. The Morgan fingerprint density at radius 1 is 1.03 bits per heavy atom. The molecule has 0 fully saturated rings. The first-order valence-electron chi connectivity index (χ1n) is 9.05. The number of amides is 1. The van der Waals surface area contributed by atoms with E-state index in [4.69, 9.17) is 11.6 Å². The summed E-state index contributed by atoms with van der Waals surface area (Å²) in [7, 11) is 0. The van der Waals surface area contributed by atoms with E-state index in [-0.39, 0.29) is 12.2 Å². The average molecular weight is 471 g/mol. The number of Topliss-reactive ketones (excluding diaryl/α,β-unsaturated/α-hetero) is 1. The minimum Gasteiger partial charge on any atom is -0.375 e. The molecule has 0 aliphatic carbocycles. The summed E-state index contributed by atoms with van der Waals surface area (Å²) in [6, 6.07) is 21.3. The van der Waals surface area contributed by atoms with Gasteiger partial charge in [-0.2, -0.15) is 0 Å². The predicted octanol–water partition coefficient (Wildman–Crippen LogP) is 5.11. The van der Waals surface area contributed by atoms with Crippen LogP contribution >= 0.6 is 27.5 Å². The zero-order valence-corrected chi connectivity index (χ0v) is 17.7. The standard InChI is InChI=1S/C23H17BrClNO3/c24-17-8-6-16(7-9-17)21(27)13-23(29)19-12-18(25)10-11-20(19)26(22(23)28)14-15-4-2-1-3-5-15/h1-12,29H,13-14H2. The Bertz CT molecular complexity index is 1090. The molecule has 1 atom stereocenters. The Hall–Kier alpha value is -2.47. The van der Waals surface area contributed by atoms with Crippen LogP contribution in [0.5, 0.6) is 0 Å². The van der Waals surface area contributed by atoms with Crippen molar-refractivity contribution in [1.29, 1.82) is 0 Å². The highest BCUT2D eigenvalue weighted by molar-refractivity contribution is 9.10. The number of fused-ring (bicyclic) bond motifs is 1. The molecule has 1 unspecified atom stereocenters. The number of carbonyl (C=O) groups is 2. The molecule has 4 nitrogen and oxygen atoms in total. The zero-order valence-electron chi connectivity index (χ0n) is 15.3. The molecule has 1 amide bonds. The second-order valence-corrected chi connectivity index (χ2v) is 8.36. The molecule has 0 bridgehead atoms. The molecule has 0 aromatic heterocycles. The van der Waals surface area contributed by atoms with Gasteiger partial charge in [0.2, 0.25) is 0 Å². The highest BCUT2D eigenvalue weighted by atomic mass is 79.9. The van der Waals surface area contributed by atoms with Crippen LogP contribution in [0.1, 0.15) is 27.9 Å². The van der Waals surface area contributed by atoms with E-state index in [0.717, 1.165) is 10.0 Å². The first kappa shape index (κ1) is 19.8. The maximum absolute atomic E-state index is 13.3. The third-order valence-electron chi connectivity index (χ3n) is 5.06. The van der Waals surface area contributed by atoms with E-state index in [1.54, 1.807) is 42.5 Å². The first-order valence-corrected chi connectivity index (χ1v) is 10.2. The second-order valence-electron chi connectivity index (χ2n) is 7.01. The summed E-state index contributed by atoms with van der Waals surface area (Å²) >= 11 is 9.48. The fourth-order valence-electron chi connectivity index (χ4n) is 3.59. The van der Waals surface area contributed by atoms with Crippen LogP contribution in [0.2, 0.25) is 5.02 Å². The van der Waals surface area contributed by atoms with Gasteiger partial charge in [-0.05, 0) is 35.9 Å². The minimum absolute atomic E-state index is 0.295. The Morgan fingerprint density at radius 3 is 2.41 bits per heavy atom. The van der Waals surface area contributed by atoms with E-state index in [0.29, 0.717) is 28.4 Å². The molecule has 0 saturated heterocycles. The summed E-state index contributed by atoms with van der Waals surface area (Å²) in [5.74, 6) is -0.843. The molecule has 3 aromatic rings. The maximum atomic E-state index is 13.3. The van der Waals surface area contributed by atoms with Crippen LogP contribution in [0.3, 0.4) is 0 Å². The van der Waals surface area contributed by atoms with E-state index in [1.807, 2.05) is 30.3 Å². The number of aliphatic hydroxyl groups is 1. The van der Waals surface area contributed by atoms with Crippen molar-refractivity contribution >= 4 is 44.9 Å². The highest BCUT2D eigenvalue weighted by Gasteiger charge is 2.51. The maximum Gasteiger partial charge on any atom is 0.264 e. The number of rotatable bonds is 5. The summed E-state index contributed by atoms with van der Waals surface area (Å²) < 4.78 is 0.843.